The highest BCUT2D eigenvalue weighted by Crippen LogP contribution is 2.40. The molecule has 188 valence electrons. The predicted octanol–water partition coefficient (Wildman–Crippen LogP) is 9.42. The van der Waals surface area contributed by atoms with E-state index in [0.29, 0.717) is 0 Å². The Morgan fingerprint density at radius 3 is 1.78 bits per heavy atom. The van der Waals surface area contributed by atoms with Crippen molar-refractivity contribution in [3.05, 3.63) is 126 Å². The van der Waals surface area contributed by atoms with Gasteiger partial charge in [-0.05, 0) is 57.2 Å². The topological polar surface area (TPSA) is 15.6 Å². The van der Waals surface area contributed by atoms with E-state index in [1.165, 1.54) is 27.8 Å². The number of hydrogen-bond acceptors (Lipinski definition) is 2. The predicted molar refractivity (Wildman–Crippen MR) is 158 cm³/mol. The van der Waals surface area contributed by atoms with Gasteiger partial charge in [-0.3, -0.25) is 5.01 Å². The van der Waals surface area contributed by atoms with E-state index in [0.717, 1.165) is 24.2 Å². The van der Waals surface area contributed by atoms with Gasteiger partial charge in [-0.15, -0.1) is 0 Å². The quantitative estimate of drug-likeness (QED) is 0.265. The molecule has 4 aromatic rings. The monoisotopic (exact) mass is 486 g/mol. The van der Waals surface area contributed by atoms with E-state index in [9.17, 15) is 0 Å². The molecule has 0 aromatic heterocycles. The SMILES string of the molecule is CC(C)(C)CC(C)(C)c1ccc(C2CC(c3ccc(-c4ccccc4)cc3)=NN2c2ccccc2)cc1. The Hall–Kier alpha value is -3.65. The summed E-state index contributed by atoms with van der Waals surface area (Å²) in [6.07, 6.45) is 2.02. The molecular formula is C35H38N2. The van der Waals surface area contributed by atoms with Gasteiger partial charge in [0.15, 0.2) is 0 Å². The summed E-state index contributed by atoms with van der Waals surface area (Å²) < 4.78 is 0. The minimum absolute atomic E-state index is 0.133. The fourth-order valence-corrected chi connectivity index (χ4v) is 5.83. The Labute approximate surface area is 222 Å². The molecule has 0 saturated heterocycles. The maximum Gasteiger partial charge on any atom is 0.0831 e. The molecule has 0 saturated carbocycles. The first-order chi connectivity index (χ1) is 17.7. The molecule has 1 heterocycles. The number of rotatable bonds is 6. The van der Waals surface area contributed by atoms with Crippen LogP contribution in [0, 0.1) is 5.41 Å². The van der Waals surface area contributed by atoms with Gasteiger partial charge in [0.2, 0.25) is 0 Å². The van der Waals surface area contributed by atoms with Crippen molar-refractivity contribution in [1.29, 1.82) is 0 Å². The summed E-state index contributed by atoms with van der Waals surface area (Å²) in [6.45, 7) is 11.7. The molecule has 5 rings (SSSR count). The normalized spacial score (nSPS) is 16.1. The molecule has 0 radical (unpaired) electrons. The van der Waals surface area contributed by atoms with E-state index < -0.39 is 0 Å². The van der Waals surface area contributed by atoms with Crippen molar-refractivity contribution in [2.75, 3.05) is 5.01 Å². The standard InChI is InChI=1S/C35H38N2/c1-34(2,3)25-35(4,5)30-22-20-29(21-23-30)33-24-32(36-37(33)31-14-10-7-11-15-31)28-18-16-27(17-19-28)26-12-8-6-9-13-26/h6-23,33H,24-25H2,1-5H3. The summed E-state index contributed by atoms with van der Waals surface area (Å²) in [5.41, 5.74) is 9.03. The van der Waals surface area contributed by atoms with Crippen molar-refractivity contribution >= 4 is 11.4 Å². The summed E-state index contributed by atoms with van der Waals surface area (Å²) in [4.78, 5) is 0. The average molecular weight is 487 g/mol. The summed E-state index contributed by atoms with van der Waals surface area (Å²) in [7, 11) is 0. The van der Waals surface area contributed by atoms with Crippen LogP contribution in [-0.2, 0) is 5.41 Å². The number of nitrogens with zero attached hydrogens (tertiary/aromatic N) is 2. The molecule has 0 bridgehead atoms. The molecule has 0 aliphatic carbocycles. The first kappa shape index (κ1) is 25.0. The second-order valence-corrected chi connectivity index (χ2v) is 12.1. The number of hydrogen-bond donors (Lipinski definition) is 0. The molecule has 1 aliphatic rings. The molecule has 0 N–H and O–H groups in total. The van der Waals surface area contributed by atoms with Gasteiger partial charge in [0.25, 0.3) is 0 Å². The van der Waals surface area contributed by atoms with Crippen molar-refractivity contribution < 1.29 is 0 Å². The van der Waals surface area contributed by atoms with Crippen LogP contribution in [0.1, 0.15) is 70.2 Å². The van der Waals surface area contributed by atoms with Crippen LogP contribution in [-0.4, -0.2) is 5.71 Å². The third-order valence-electron chi connectivity index (χ3n) is 7.31. The number of benzene rings is 4. The van der Waals surface area contributed by atoms with E-state index in [2.05, 4.69) is 149 Å². The number of para-hydroxylation sites is 1. The van der Waals surface area contributed by atoms with Gasteiger partial charge in [-0.2, -0.15) is 5.10 Å². The van der Waals surface area contributed by atoms with E-state index in [-0.39, 0.29) is 16.9 Å². The lowest BCUT2D eigenvalue weighted by Crippen LogP contribution is -2.25. The molecule has 0 amide bonds. The van der Waals surface area contributed by atoms with Crippen LogP contribution in [0.15, 0.2) is 114 Å². The largest absolute Gasteiger partial charge is 0.257 e. The molecule has 2 nitrogen and oxygen atoms in total. The highest BCUT2D eigenvalue weighted by Gasteiger charge is 2.31. The maximum absolute atomic E-state index is 5.16. The van der Waals surface area contributed by atoms with Gasteiger partial charge < -0.3 is 0 Å². The Morgan fingerprint density at radius 1 is 0.649 bits per heavy atom. The lowest BCUT2D eigenvalue weighted by Gasteiger charge is -2.33. The van der Waals surface area contributed by atoms with E-state index in [1.807, 2.05) is 0 Å². The second-order valence-electron chi connectivity index (χ2n) is 12.1. The third-order valence-corrected chi connectivity index (χ3v) is 7.31. The zero-order valence-corrected chi connectivity index (χ0v) is 22.8. The molecular weight excluding hydrogens is 448 g/mol. The van der Waals surface area contributed by atoms with E-state index >= 15 is 0 Å². The molecule has 1 unspecified atom stereocenters. The molecule has 1 atom stereocenters. The van der Waals surface area contributed by atoms with E-state index in [4.69, 9.17) is 5.10 Å². The fourth-order valence-electron chi connectivity index (χ4n) is 5.83. The van der Waals surface area contributed by atoms with Crippen LogP contribution in [0.2, 0.25) is 0 Å². The van der Waals surface area contributed by atoms with Gasteiger partial charge in [0.1, 0.15) is 0 Å². The molecule has 2 heteroatoms. The minimum Gasteiger partial charge on any atom is -0.257 e. The maximum atomic E-state index is 5.16. The lowest BCUT2D eigenvalue weighted by atomic mass is 9.72. The van der Waals surface area contributed by atoms with Gasteiger partial charge >= 0.3 is 0 Å². The Kier molecular flexibility index (Phi) is 6.77. The molecule has 0 spiro atoms. The Bertz CT molecular complexity index is 1340. The lowest BCUT2D eigenvalue weighted by molar-refractivity contribution is 0.284. The first-order valence-electron chi connectivity index (χ1n) is 13.4. The molecule has 37 heavy (non-hydrogen) atoms. The summed E-state index contributed by atoms with van der Waals surface area (Å²) in [5, 5.41) is 7.36. The van der Waals surface area contributed by atoms with Gasteiger partial charge in [0, 0.05) is 6.42 Å². The molecule has 4 aromatic carbocycles. The molecule has 0 fully saturated rings. The summed E-state index contributed by atoms with van der Waals surface area (Å²) in [5.74, 6) is 0. The third kappa shape index (κ3) is 5.69. The first-order valence-corrected chi connectivity index (χ1v) is 13.4. The smallest absolute Gasteiger partial charge is 0.0831 e. The Balaban J connectivity index is 1.43. The van der Waals surface area contributed by atoms with Crippen molar-refractivity contribution in [3.63, 3.8) is 0 Å². The number of hydrazone groups is 1. The molecule has 1 aliphatic heterocycles. The fraction of sp³-hybridized carbons (Fsp3) is 0.286. The second kappa shape index (κ2) is 10.0. The number of anilines is 1. The van der Waals surface area contributed by atoms with Crippen LogP contribution in [0.4, 0.5) is 5.69 Å². The van der Waals surface area contributed by atoms with Crippen molar-refractivity contribution in [1.82, 2.24) is 0 Å². The minimum atomic E-state index is 0.133. The van der Waals surface area contributed by atoms with Crippen molar-refractivity contribution in [2.24, 2.45) is 10.5 Å². The van der Waals surface area contributed by atoms with Gasteiger partial charge in [-0.25, -0.2) is 0 Å². The zero-order valence-electron chi connectivity index (χ0n) is 22.8. The van der Waals surface area contributed by atoms with Crippen molar-refractivity contribution in [2.45, 2.75) is 58.9 Å². The van der Waals surface area contributed by atoms with Gasteiger partial charge in [0.05, 0.1) is 17.4 Å². The van der Waals surface area contributed by atoms with Crippen LogP contribution in [0.5, 0.6) is 0 Å². The van der Waals surface area contributed by atoms with Crippen LogP contribution < -0.4 is 5.01 Å². The average Bonchev–Trinajstić information content (AvgIpc) is 3.34. The van der Waals surface area contributed by atoms with Crippen LogP contribution >= 0.6 is 0 Å². The highest BCUT2D eigenvalue weighted by molar-refractivity contribution is 6.03. The summed E-state index contributed by atoms with van der Waals surface area (Å²) >= 11 is 0. The zero-order chi connectivity index (χ0) is 26.0. The van der Waals surface area contributed by atoms with Crippen LogP contribution in [0.3, 0.4) is 0 Å². The summed E-state index contributed by atoms with van der Waals surface area (Å²) in [6, 6.07) is 39.4. The van der Waals surface area contributed by atoms with E-state index in [1.54, 1.807) is 0 Å². The van der Waals surface area contributed by atoms with Gasteiger partial charge in [-0.1, -0.05) is 132 Å². The Morgan fingerprint density at radius 2 is 1.19 bits per heavy atom. The highest BCUT2D eigenvalue weighted by atomic mass is 15.5. The van der Waals surface area contributed by atoms with Crippen LogP contribution in [0.25, 0.3) is 11.1 Å². The van der Waals surface area contributed by atoms with Crippen molar-refractivity contribution in [3.8, 4) is 11.1 Å².